The maximum atomic E-state index is 13.0. The maximum Gasteiger partial charge on any atom is 0.472 e. The molecule has 17 nitrogen and oxygen atoms in total. The lowest BCUT2D eigenvalue weighted by Crippen LogP contribution is -2.30. The summed E-state index contributed by atoms with van der Waals surface area (Å²) in [6, 6.07) is 0. The average molecular weight is 1370 g/mol. The van der Waals surface area contributed by atoms with Gasteiger partial charge in [0.25, 0.3) is 0 Å². The van der Waals surface area contributed by atoms with Crippen LogP contribution in [0.5, 0.6) is 0 Å². The number of esters is 4. The summed E-state index contributed by atoms with van der Waals surface area (Å²) in [6.07, 6.45) is 66.1. The highest BCUT2D eigenvalue weighted by Gasteiger charge is 2.30. The van der Waals surface area contributed by atoms with E-state index in [0.29, 0.717) is 25.7 Å². The number of hydrogen-bond donors (Lipinski definition) is 3. The average Bonchev–Trinajstić information content (AvgIpc) is 1.67. The molecule has 19 heteroatoms. The van der Waals surface area contributed by atoms with E-state index in [0.717, 1.165) is 167 Å². The zero-order valence-electron chi connectivity index (χ0n) is 59.4. The third kappa shape index (κ3) is 67.1. The van der Waals surface area contributed by atoms with Crippen molar-refractivity contribution in [1.82, 2.24) is 0 Å². The van der Waals surface area contributed by atoms with Gasteiger partial charge in [0.05, 0.1) is 26.4 Å². The maximum absolute atomic E-state index is 13.0. The van der Waals surface area contributed by atoms with Gasteiger partial charge in [0, 0.05) is 25.7 Å². The zero-order chi connectivity index (χ0) is 69.0. The Morgan fingerprint density at radius 1 is 0.309 bits per heavy atom. The third-order valence-electron chi connectivity index (χ3n) is 15.6. The van der Waals surface area contributed by atoms with Crippen molar-refractivity contribution in [1.29, 1.82) is 0 Å². The number of allylic oxidation sites excluding steroid dienone is 12. The molecule has 0 bridgehead atoms. The molecule has 0 amide bonds. The smallest absolute Gasteiger partial charge is 0.462 e. The van der Waals surface area contributed by atoms with Crippen LogP contribution in [0.3, 0.4) is 0 Å². The Hall–Kier alpha value is -3.50. The topological polar surface area (TPSA) is 237 Å². The third-order valence-corrected chi connectivity index (χ3v) is 17.5. The number of aliphatic hydroxyl groups excluding tert-OH is 1. The molecule has 0 aromatic rings. The van der Waals surface area contributed by atoms with Crippen LogP contribution in [0.1, 0.15) is 323 Å². The van der Waals surface area contributed by atoms with Crippen LogP contribution in [0.2, 0.25) is 0 Å². The minimum absolute atomic E-state index is 0.0842. The number of carbonyl (C=O) groups excluding carboxylic acids is 4. The molecule has 0 aliphatic heterocycles. The van der Waals surface area contributed by atoms with E-state index < -0.39 is 97.5 Å². The second kappa shape index (κ2) is 68.0. The molecular weight excluding hydrogens is 1230 g/mol. The van der Waals surface area contributed by atoms with E-state index in [1.807, 2.05) is 0 Å². The van der Waals surface area contributed by atoms with E-state index in [1.54, 1.807) is 0 Å². The number of ether oxygens (including phenoxy) is 4. The first kappa shape index (κ1) is 90.5. The second-order valence-electron chi connectivity index (χ2n) is 24.9. The van der Waals surface area contributed by atoms with Gasteiger partial charge in [-0.05, 0) is 109 Å². The van der Waals surface area contributed by atoms with E-state index in [9.17, 15) is 43.2 Å². The predicted octanol–water partition coefficient (Wildman–Crippen LogP) is 20.9. The summed E-state index contributed by atoms with van der Waals surface area (Å²) >= 11 is 0. The molecule has 0 aromatic carbocycles. The van der Waals surface area contributed by atoms with Crippen LogP contribution in [0.4, 0.5) is 0 Å². The summed E-state index contributed by atoms with van der Waals surface area (Å²) in [4.78, 5) is 72.7. The first-order chi connectivity index (χ1) is 45.7. The summed E-state index contributed by atoms with van der Waals surface area (Å²) < 4.78 is 68.3. The zero-order valence-corrected chi connectivity index (χ0v) is 61.2. The van der Waals surface area contributed by atoms with Crippen LogP contribution in [-0.4, -0.2) is 96.7 Å². The van der Waals surface area contributed by atoms with Crippen molar-refractivity contribution < 1.29 is 80.2 Å². The molecule has 0 saturated carbocycles. The predicted molar refractivity (Wildman–Crippen MR) is 381 cm³/mol. The molecule has 546 valence electrons. The van der Waals surface area contributed by atoms with Crippen LogP contribution in [0.25, 0.3) is 0 Å². The highest BCUT2D eigenvalue weighted by molar-refractivity contribution is 7.47. The van der Waals surface area contributed by atoms with E-state index in [2.05, 4.69) is 101 Å². The fourth-order valence-corrected chi connectivity index (χ4v) is 11.6. The SMILES string of the molecule is CC/C=C\C/C=C\C/C=C\CCCCCCCC(=O)OCC(COP(=O)(O)OCC(O)COP(=O)(O)OCC(COC(=O)CCCCCCC/C=C\C/C=C\CCC)OC(=O)CCCCCCC/C=C\CCCCCC)OC(=O)CCCCCCCCCCCCCCC. The lowest BCUT2D eigenvalue weighted by Gasteiger charge is -2.21. The lowest BCUT2D eigenvalue weighted by molar-refractivity contribution is -0.161. The first-order valence-corrected chi connectivity index (χ1v) is 40.2. The largest absolute Gasteiger partial charge is 0.472 e. The van der Waals surface area contributed by atoms with Crippen molar-refractivity contribution in [2.24, 2.45) is 0 Å². The lowest BCUT2D eigenvalue weighted by atomic mass is 10.0. The molecule has 94 heavy (non-hydrogen) atoms. The van der Waals surface area contributed by atoms with E-state index in [1.165, 1.54) is 77.0 Å². The van der Waals surface area contributed by atoms with Gasteiger partial charge >= 0.3 is 39.5 Å². The molecule has 0 radical (unpaired) electrons. The monoisotopic (exact) mass is 1370 g/mol. The Balaban J connectivity index is 5.34. The summed E-state index contributed by atoms with van der Waals surface area (Å²) in [5.41, 5.74) is 0. The number of rotatable bonds is 70. The normalized spacial score (nSPS) is 14.4. The van der Waals surface area contributed by atoms with Gasteiger partial charge < -0.3 is 33.8 Å². The van der Waals surface area contributed by atoms with Crippen molar-refractivity contribution in [3.63, 3.8) is 0 Å². The van der Waals surface area contributed by atoms with Crippen molar-refractivity contribution in [2.75, 3.05) is 39.6 Å². The Morgan fingerprint density at radius 3 is 0.915 bits per heavy atom. The fraction of sp³-hybridized carbons (Fsp3) is 0.787. The van der Waals surface area contributed by atoms with Crippen LogP contribution in [-0.2, 0) is 65.4 Å². The highest BCUT2D eigenvalue weighted by Crippen LogP contribution is 2.45. The Kier molecular flexibility index (Phi) is 65.5. The van der Waals surface area contributed by atoms with Crippen molar-refractivity contribution in [3.8, 4) is 0 Å². The van der Waals surface area contributed by atoms with Gasteiger partial charge in [0.1, 0.15) is 19.3 Å². The molecule has 0 saturated heterocycles. The number of carbonyl (C=O) groups is 4. The van der Waals surface area contributed by atoms with Gasteiger partial charge in [-0.3, -0.25) is 37.3 Å². The summed E-state index contributed by atoms with van der Waals surface area (Å²) in [5.74, 6) is -2.20. The number of hydrogen-bond acceptors (Lipinski definition) is 15. The summed E-state index contributed by atoms with van der Waals surface area (Å²) in [7, 11) is -9.94. The molecular formula is C75H134O17P2. The van der Waals surface area contributed by atoms with Gasteiger partial charge in [0.15, 0.2) is 12.2 Å². The number of phosphoric acid groups is 2. The summed E-state index contributed by atoms with van der Waals surface area (Å²) in [6.45, 7) is 4.67. The molecule has 3 N–H and O–H groups in total. The quantitative estimate of drug-likeness (QED) is 0.0169. The highest BCUT2D eigenvalue weighted by atomic mass is 31.2. The number of phosphoric ester groups is 2. The molecule has 0 spiro atoms. The number of aliphatic hydroxyl groups is 1. The van der Waals surface area contributed by atoms with Gasteiger partial charge in [-0.25, -0.2) is 9.13 Å². The molecule has 5 atom stereocenters. The molecule has 0 aliphatic rings. The number of unbranched alkanes of at least 4 members (excludes halogenated alkanes) is 32. The Bertz CT molecular complexity index is 2070. The molecule has 0 rings (SSSR count). The van der Waals surface area contributed by atoms with E-state index in [-0.39, 0.29) is 25.7 Å². The molecule has 0 aromatic heterocycles. The molecule has 0 aliphatic carbocycles. The van der Waals surface area contributed by atoms with E-state index >= 15 is 0 Å². The summed E-state index contributed by atoms with van der Waals surface area (Å²) in [5, 5.41) is 10.6. The molecule has 5 unspecified atom stereocenters. The molecule has 0 fully saturated rings. The first-order valence-electron chi connectivity index (χ1n) is 37.2. The van der Waals surface area contributed by atoms with Crippen molar-refractivity contribution >= 4 is 39.5 Å². The van der Waals surface area contributed by atoms with E-state index in [4.69, 9.17) is 37.0 Å². The standard InChI is InChI=1S/C75H134O17P2/c1-5-9-13-17-21-25-29-33-34-38-40-44-48-52-56-60-73(78)86-66-71(92-75(80)62-58-54-50-46-42-37-32-28-24-20-16-12-8-4)68-90-94(83,84)88-64-69(76)63-87-93(81,82)89-67-70(91-74(79)61-57-53-49-45-41-36-31-27-23-19-15-11-7-3)65-85-72(77)59-55-51-47-43-39-35-30-26-22-18-14-10-6-2/h9,13-14,18,21,25-27,30-31,33-34,69-71,76H,5-8,10-12,15-17,19-20,22-24,28-29,32,35-68H2,1-4H3,(H,81,82)(H,83,84)/b13-9-,18-14-,25-21-,30-26-,31-27-,34-33-. The van der Waals surface area contributed by atoms with Crippen molar-refractivity contribution in [2.45, 2.75) is 341 Å². The minimum Gasteiger partial charge on any atom is -0.462 e. The van der Waals surface area contributed by atoms with Crippen molar-refractivity contribution in [3.05, 3.63) is 72.9 Å². The van der Waals surface area contributed by atoms with Crippen LogP contribution >= 0.6 is 15.6 Å². The second-order valence-corrected chi connectivity index (χ2v) is 27.8. The minimum atomic E-state index is -4.97. The Morgan fingerprint density at radius 2 is 0.574 bits per heavy atom. The van der Waals surface area contributed by atoms with Gasteiger partial charge in [-0.1, -0.05) is 261 Å². The van der Waals surface area contributed by atoms with Crippen LogP contribution in [0, 0.1) is 0 Å². The van der Waals surface area contributed by atoms with Crippen LogP contribution in [0.15, 0.2) is 72.9 Å². The van der Waals surface area contributed by atoms with Gasteiger partial charge in [-0.15, -0.1) is 0 Å². The van der Waals surface area contributed by atoms with Gasteiger partial charge in [-0.2, -0.15) is 0 Å². The van der Waals surface area contributed by atoms with Crippen LogP contribution < -0.4 is 0 Å². The fourth-order valence-electron chi connectivity index (χ4n) is 9.97. The Labute approximate surface area is 571 Å². The molecule has 0 heterocycles. The van der Waals surface area contributed by atoms with Gasteiger partial charge in [0.2, 0.25) is 0 Å².